The van der Waals surface area contributed by atoms with Gasteiger partial charge in [0.25, 0.3) is 0 Å². The molecule has 0 radical (unpaired) electrons. The lowest BCUT2D eigenvalue weighted by molar-refractivity contribution is 0.0474. The van der Waals surface area contributed by atoms with Gasteiger partial charge in [-0.2, -0.15) is 0 Å². The number of Topliss-reactive ketones (excluding diaryl/α,β-unsaturated/α-hetero) is 1. The first-order chi connectivity index (χ1) is 13.7. The highest BCUT2D eigenvalue weighted by atomic mass is 32.2. The second-order valence-corrected chi connectivity index (χ2v) is 8.77. The Balaban J connectivity index is 1.66. The maximum Gasteiger partial charge on any atom is 0.338 e. The third kappa shape index (κ3) is 4.59. The second kappa shape index (κ2) is 8.24. The number of hydrogen-bond acceptors (Lipinski definition) is 6. The van der Waals surface area contributed by atoms with Crippen LogP contribution in [-0.4, -0.2) is 45.7 Å². The Hall–Kier alpha value is -2.87. The number of ether oxygens (including phenoxy) is 2. The summed E-state index contributed by atoms with van der Waals surface area (Å²) >= 11 is 0. The highest BCUT2D eigenvalue weighted by Gasteiger charge is 2.32. The Kier molecular flexibility index (Phi) is 5.93. The molecule has 1 atom stereocenters. The van der Waals surface area contributed by atoms with E-state index in [0.29, 0.717) is 35.6 Å². The van der Waals surface area contributed by atoms with Crippen LogP contribution in [0.15, 0.2) is 42.5 Å². The van der Waals surface area contributed by atoms with E-state index in [1.54, 1.807) is 42.5 Å². The van der Waals surface area contributed by atoms with Crippen LogP contribution >= 0.6 is 0 Å². The van der Waals surface area contributed by atoms with Crippen LogP contribution in [-0.2, 0) is 21.2 Å². The van der Waals surface area contributed by atoms with Crippen molar-refractivity contribution in [3.63, 3.8) is 0 Å². The molecular weight excluding hydrogens is 394 g/mol. The zero-order valence-corrected chi connectivity index (χ0v) is 17.4. The summed E-state index contributed by atoms with van der Waals surface area (Å²) in [6.45, 7) is 3.82. The van der Waals surface area contributed by atoms with Crippen molar-refractivity contribution in [1.82, 2.24) is 0 Å². The molecule has 2 aromatic rings. The number of sulfonamides is 1. The van der Waals surface area contributed by atoms with Crippen LogP contribution in [0.2, 0.25) is 0 Å². The summed E-state index contributed by atoms with van der Waals surface area (Å²) in [6.07, 6.45) is 1.69. The van der Waals surface area contributed by atoms with E-state index in [-0.39, 0.29) is 11.8 Å². The van der Waals surface area contributed by atoms with E-state index in [4.69, 9.17) is 9.47 Å². The van der Waals surface area contributed by atoms with Crippen LogP contribution in [0.1, 0.15) is 40.1 Å². The van der Waals surface area contributed by atoms with Gasteiger partial charge in [-0.25, -0.2) is 13.2 Å². The molecule has 8 heteroatoms. The van der Waals surface area contributed by atoms with Gasteiger partial charge in [0.15, 0.2) is 12.4 Å². The first kappa shape index (κ1) is 20.9. The zero-order valence-electron chi connectivity index (χ0n) is 16.5. The van der Waals surface area contributed by atoms with Crippen molar-refractivity contribution >= 4 is 27.5 Å². The molecule has 0 aliphatic carbocycles. The van der Waals surface area contributed by atoms with Crippen LogP contribution < -0.4 is 9.04 Å². The topological polar surface area (TPSA) is 90.0 Å². The number of hydrogen-bond donors (Lipinski definition) is 0. The average molecular weight is 417 g/mol. The number of nitrogens with zero attached hydrogens (tertiary/aromatic N) is 1. The summed E-state index contributed by atoms with van der Waals surface area (Å²) in [7, 11) is -3.39. The Morgan fingerprint density at radius 1 is 1.10 bits per heavy atom. The van der Waals surface area contributed by atoms with Crippen molar-refractivity contribution < 1.29 is 27.5 Å². The molecule has 7 nitrogen and oxygen atoms in total. The van der Waals surface area contributed by atoms with Crippen LogP contribution in [0.4, 0.5) is 5.69 Å². The van der Waals surface area contributed by atoms with Gasteiger partial charge < -0.3 is 9.47 Å². The van der Waals surface area contributed by atoms with E-state index >= 15 is 0 Å². The van der Waals surface area contributed by atoms with Crippen molar-refractivity contribution in [3.05, 3.63) is 59.2 Å². The second-order valence-electron chi connectivity index (χ2n) is 6.91. The first-order valence-electron chi connectivity index (χ1n) is 9.26. The minimum atomic E-state index is -3.39. The molecule has 0 saturated heterocycles. The van der Waals surface area contributed by atoms with Gasteiger partial charge in [-0.05, 0) is 68.3 Å². The van der Waals surface area contributed by atoms with E-state index in [1.807, 2.05) is 13.8 Å². The van der Waals surface area contributed by atoms with Crippen molar-refractivity contribution in [2.24, 2.45) is 0 Å². The Morgan fingerprint density at radius 3 is 2.38 bits per heavy atom. The largest absolute Gasteiger partial charge is 0.494 e. The lowest BCUT2D eigenvalue weighted by Gasteiger charge is -2.21. The van der Waals surface area contributed by atoms with E-state index < -0.39 is 22.6 Å². The van der Waals surface area contributed by atoms with Crippen molar-refractivity contribution in [1.29, 1.82) is 0 Å². The van der Waals surface area contributed by atoms with Crippen LogP contribution in [0, 0.1) is 0 Å². The van der Waals surface area contributed by atoms with Gasteiger partial charge in [0.2, 0.25) is 10.0 Å². The Bertz CT molecular complexity index is 1030. The minimum absolute atomic E-state index is 0.206. The van der Waals surface area contributed by atoms with Crippen molar-refractivity contribution in [2.45, 2.75) is 26.3 Å². The minimum Gasteiger partial charge on any atom is -0.494 e. The zero-order chi connectivity index (χ0) is 21.2. The molecule has 1 aliphatic rings. The van der Waals surface area contributed by atoms with Gasteiger partial charge in [-0.15, -0.1) is 0 Å². The van der Waals surface area contributed by atoms with Crippen LogP contribution in [0.25, 0.3) is 0 Å². The number of carbonyl (C=O) groups is 2. The molecule has 0 unspecified atom stereocenters. The van der Waals surface area contributed by atoms with Gasteiger partial charge in [-0.3, -0.25) is 9.10 Å². The summed E-state index contributed by atoms with van der Waals surface area (Å²) in [5.74, 6) is -0.299. The maximum absolute atomic E-state index is 12.5. The quantitative estimate of drug-likeness (QED) is 0.508. The van der Waals surface area contributed by atoms with E-state index in [1.165, 1.54) is 4.31 Å². The fraction of sp³-hybridized carbons (Fsp3) is 0.333. The molecule has 0 bridgehead atoms. The summed E-state index contributed by atoms with van der Waals surface area (Å²) in [4.78, 5) is 24.6. The SMILES string of the molecule is CCOc1ccc(C(=O)OCC(=O)c2ccc3c(c2)C[C@@H](C)N3S(C)(=O)=O)cc1. The predicted octanol–water partition coefficient (Wildman–Crippen LogP) is 2.84. The van der Waals surface area contributed by atoms with Crippen molar-refractivity contribution in [3.8, 4) is 5.75 Å². The number of esters is 1. The van der Waals surface area contributed by atoms with Crippen LogP contribution in [0.5, 0.6) is 5.75 Å². The van der Waals surface area contributed by atoms with E-state index in [0.717, 1.165) is 11.8 Å². The maximum atomic E-state index is 12.5. The molecular formula is C21H23NO6S. The van der Waals surface area contributed by atoms with Crippen LogP contribution in [0.3, 0.4) is 0 Å². The standard InChI is InChI=1S/C21H23NO6S/c1-4-27-18-8-5-15(6-9-18)21(24)28-13-20(23)16-7-10-19-17(12-16)11-14(2)22(19)29(3,25)26/h5-10,12,14H,4,11,13H2,1-3H3/t14-/m1/s1. The van der Waals surface area contributed by atoms with Gasteiger partial charge in [0, 0.05) is 11.6 Å². The van der Waals surface area contributed by atoms with Gasteiger partial charge >= 0.3 is 5.97 Å². The molecule has 0 saturated carbocycles. The molecule has 0 amide bonds. The highest BCUT2D eigenvalue weighted by molar-refractivity contribution is 7.92. The Labute approximate surface area is 170 Å². The smallest absolute Gasteiger partial charge is 0.338 e. The number of benzene rings is 2. The number of fused-ring (bicyclic) bond motifs is 1. The third-order valence-electron chi connectivity index (χ3n) is 4.65. The molecule has 0 aromatic heterocycles. The molecule has 1 aliphatic heterocycles. The highest BCUT2D eigenvalue weighted by Crippen LogP contribution is 2.34. The van der Waals surface area contributed by atoms with Crippen molar-refractivity contribution in [2.75, 3.05) is 23.8 Å². The predicted molar refractivity (Wildman–Crippen MR) is 109 cm³/mol. The first-order valence-corrected chi connectivity index (χ1v) is 11.1. The number of rotatable bonds is 7. The summed E-state index contributed by atoms with van der Waals surface area (Å²) in [5.41, 5.74) is 2.08. The molecule has 0 spiro atoms. The molecule has 2 aromatic carbocycles. The Morgan fingerprint density at radius 2 is 1.76 bits per heavy atom. The fourth-order valence-corrected chi connectivity index (χ4v) is 4.70. The van der Waals surface area contributed by atoms with E-state index in [9.17, 15) is 18.0 Å². The number of anilines is 1. The molecule has 0 fully saturated rings. The fourth-order valence-electron chi connectivity index (χ4n) is 3.43. The lowest BCUT2D eigenvalue weighted by Crippen LogP contribution is -2.34. The average Bonchev–Trinajstić information content (AvgIpc) is 3.01. The molecule has 29 heavy (non-hydrogen) atoms. The summed E-state index contributed by atoms with van der Waals surface area (Å²) in [5, 5.41) is 0. The van der Waals surface area contributed by atoms with Gasteiger partial charge in [0.1, 0.15) is 5.75 Å². The molecule has 3 rings (SSSR count). The van der Waals surface area contributed by atoms with Gasteiger partial charge in [0.05, 0.1) is 24.1 Å². The lowest BCUT2D eigenvalue weighted by atomic mass is 10.0. The van der Waals surface area contributed by atoms with Gasteiger partial charge in [-0.1, -0.05) is 0 Å². The van der Waals surface area contributed by atoms with E-state index in [2.05, 4.69) is 0 Å². The normalized spacial score (nSPS) is 15.7. The number of ketones is 1. The summed E-state index contributed by atoms with van der Waals surface area (Å²) in [6, 6.07) is 11.1. The summed E-state index contributed by atoms with van der Waals surface area (Å²) < 4.78 is 35.8. The third-order valence-corrected chi connectivity index (χ3v) is 5.92. The molecule has 0 N–H and O–H groups in total. The molecule has 1 heterocycles. The monoisotopic (exact) mass is 417 g/mol. The molecule has 154 valence electrons. The number of carbonyl (C=O) groups excluding carboxylic acids is 2.